The molecule has 0 spiro atoms. The molecule has 6 nitrogen and oxygen atoms in total. The van der Waals surface area contributed by atoms with Gasteiger partial charge in [-0.2, -0.15) is 0 Å². The van der Waals surface area contributed by atoms with Crippen LogP contribution in [0, 0.1) is 6.92 Å². The number of ketones is 1. The fourth-order valence-corrected chi connectivity index (χ4v) is 4.25. The molecule has 0 fully saturated rings. The highest BCUT2D eigenvalue weighted by molar-refractivity contribution is 6.42. The molecule has 0 bridgehead atoms. The zero-order valence-corrected chi connectivity index (χ0v) is 19.6. The van der Waals surface area contributed by atoms with Gasteiger partial charge in [-0.15, -0.1) is 0 Å². The molecular weight excluding hydrogens is 473 g/mol. The Labute approximate surface area is 206 Å². The van der Waals surface area contributed by atoms with Gasteiger partial charge in [-0.25, -0.2) is 4.98 Å². The van der Waals surface area contributed by atoms with Gasteiger partial charge in [0.1, 0.15) is 17.7 Å². The van der Waals surface area contributed by atoms with Gasteiger partial charge in [-0.05, 0) is 55.0 Å². The van der Waals surface area contributed by atoms with E-state index < -0.39 is 6.10 Å². The van der Waals surface area contributed by atoms with Crippen molar-refractivity contribution >= 4 is 40.7 Å². The van der Waals surface area contributed by atoms with Crippen molar-refractivity contribution < 1.29 is 14.3 Å². The Morgan fingerprint density at radius 2 is 1.94 bits per heavy atom. The van der Waals surface area contributed by atoms with E-state index in [1.807, 2.05) is 42.2 Å². The van der Waals surface area contributed by atoms with Gasteiger partial charge in [-0.1, -0.05) is 41.4 Å². The molecular formula is C26H19Cl2N3O3. The number of halogens is 2. The van der Waals surface area contributed by atoms with Crippen molar-refractivity contribution in [3.63, 3.8) is 0 Å². The number of amides is 1. The molecule has 1 N–H and O–H groups in total. The number of carbonyl (C=O) groups excluding carboxylic acids is 2. The van der Waals surface area contributed by atoms with Gasteiger partial charge in [0.05, 0.1) is 27.7 Å². The average molecular weight is 492 g/mol. The first-order valence-electron chi connectivity index (χ1n) is 10.6. The van der Waals surface area contributed by atoms with Crippen molar-refractivity contribution in [2.24, 2.45) is 0 Å². The Morgan fingerprint density at radius 1 is 1.12 bits per heavy atom. The molecule has 1 atom stereocenters. The third kappa shape index (κ3) is 4.06. The molecule has 2 aliphatic rings. The Balaban J connectivity index is 1.48. The van der Waals surface area contributed by atoms with Crippen molar-refractivity contribution in [3.05, 3.63) is 111 Å². The number of benzene rings is 2. The number of nitrogens with one attached hydrogen (secondary N) is 1. The van der Waals surface area contributed by atoms with Crippen LogP contribution in [0.5, 0.6) is 5.75 Å². The Kier molecular flexibility index (Phi) is 5.86. The number of fused-ring (bicyclic) bond motifs is 2. The number of para-hydroxylation sites is 1. The number of anilines is 1. The highest BCUT2D eigenvalue weighted by Crippen LogP contribution is 2.36. The molecule has 1 amide bonds. The van der Waals surface area contributed by atoms with Gasteiger partial charge in [-0.3, -0.25) is 9.59 Å². The van der Waals surface area contributed by atoms with E-state index in [1.165, 1.54) is 6.07 Å². The minimum Gasteiger partial charge on any atom is -0.481 e. The van der Waals surface area contributed by atoms with Crippen molar-refractivity contribution in [1.82, 2.24) is 10.3 Å². The maximum absolute atomic E-state index is 13.2. The van der Waals surface area contributed by atoms with Crippen molar-refractivity contribution in [3.8, 4) is 5.75 Å². The topological polar surface area (TPSA) is 71.5 Å². The highest BCUT2D eigenvalue weighted by atomic mass is 35.5. The molecule has 2 aromatic carbocycles. The zero-order valence-electron chi connectivity index (χ0n) is 18.1. The number of rotatable bonds is 4. The smallest absolute Gasteiger partial charge is 0.251 e. The Morgan fingerprint density at radius 3 is 2.74 bits per heavy atom. The predicted molar refractivity (Wildman–Crippen MR) is 132 cm³/mol. The second-order valence-corrected chi connectivity index (χ2v) is 8.75. The molecule has 2 aliphatic heterocycles. The summed E-state index contributed by atoms with van der Waals surface area (Å²) in [5.74, 6) is 0.793. The number of carbonyl (C=O) groups is 2. The monoisotopic (exact) mass is 491 g/mol. The SMILES string of the molecule is Cc1cccnc1N1C=C2C(=O)c3ccccc3OC2C=C1CNC(=O)c1ccc(Cl)c(Cl)c1. The number of aromatic nitrogens is 1. The van der Waals surface area contributed by atoms with E-state index in [0.717, 1.165) is 11.3 Å². The molecule has 3 heterocycles. The quantitative estimate of drug-likeness (QED) is 0.531. The van der Waals surface area contributed by atoms with Gasteiger partial charge in [0.2, 0.25) is 0 Å². The second kappa shape index (κ2) is 8.97. The molecule has 8 heteroatoms. The van der Waals surface area contributed by atoms with Crippen LogP contribution in [0.25, 0.3) is 0 Å². The molecule has 5 rings (SSSR count). The number of Topliss-reactive ketones (excluding diaryl/α,β-unsaturated/α-hetero) is 1. The summed E-state index contributed by atoms with van der Waals surface area (Å²) in [6.07, 6.45) is 4.71. The normalized spacial score (nSPS) is 16.6. The number of hydrogen-bond donors (Lipinski definition) is 1. The van der Waals surface area contributed by atoms with E-state index in [4.69, 9.17) is 27.9 Å². The first-order chi connectivity index (χ1) is 16.4. The molecule has 3 aromatic rings. The minimum absolute atomic E-state index is 0.0967. The summed E-state index contributed by atoms with van der Waals surface area (Å²) >= 11 is 12.0. The number of aryl methyl sites for hydroxylation is 1. The lowest BCUT2D eigenvalue weighted by atomic mass is 9.93. The lowest BCUT2D eigenvalue weighted by molar-refractivity contribution is 0.0950. The lowest BCUT2D eigenvalue weighted by Gasteiger charge is -2.34. The molecule has 0 radical (unpaired) electrons. The Hall–Kier alpha value is -3.61. The van der Waals surface area contributed by atoms with Crippen molar-refractivity contribution in [2.45, 2.75) is 13.0 Å². The first kappa shape index (κ1) is 22.2. The number of nitrogens with zero attached hydrogens (tertiary/aromatic N) is 2. The summed E-state index contributed by atoms with van der Waals surface area (Å²) in [4.78, 5) is 32.3. The predicted octanol–water partition coefficient (Wildman–Crippen LogP) is 5.36. The third-order valence-corrected chi connectivity index (χ3v) is 6.44. The maximum atomic E-state index is 13.2. The van der Waals surface area contributed by atoms with Crippen LogP contribution in [0.3, 0.4) is 0 Å². The first-order valence-corrected chi connectivity index (χ1v) is 11.3. The van der Waals surface area contributed by atoms with Gasteiger partial charge in [0, 0.05) is 23.7 Å². The summed E-state index contributed by atoms with van der Waals surface area (Å²) in [5.41, 5.74) is 3.05. The van der Waals surface area contributed by atoms with E-state index in [0.29, 0.717) is 38.3 Å². The molecule has 0 saturated heterocycles. The van der Waals surface area contributed by atoms with E-state index in [2.05, 4.69) is 10.3 Å². The molecule has 1 aromatic heterocycles. The van der Waals surface area contributed by atoms with Crippen LogP contribution in [0.2, 0.25) is 10.0 Å². The van der Waals surface area contributed by atoms with Gasteiger partial charge < -0.3 is 15.0 Å². The summed E-state index contributed by atoms with van der Waals surface area (Å²) in [7, 11) is 0. The van der Waals surface area contributed by atoms with E-state index in [-0.39, 0.29) is 18.2 Å². The number of pyridine rings is 1. The number of hydrogen-bond acceptors (Lipinski definition) is 5. The summed E-state index contributed by atoms with van der Waals surface area (Å²) in [6.45, 7) is 2.11. The minimum atomic E-state index is -0.570. The lowest BCUT2D eigenvalue weighted by Crippen LogP contribution is -2.39. The fraction of sp³-hybridized carbons (Fsp3) is 0.115. The van der Waals surface area contributed by atoms with Gasteiger partial charge in [0.25, 0.3) is 5.91 Å². The largest absolute Gasteiger partial charge is 0.481 e. The van der Waals surface area contributed by atoms with Crippen LogP contribution in [0.1, 0.15) is 26.3 Å². The molecule has 34 heavy (non-hydrogen) atoms. The number of ether oxygens (including phenoxy) is 1. The Bertz CT molecular complexity index is 1380. The fourth-order valence-electron chi connectivity index (χ4n) is 3.96. The maximum Gasteiger partial charge on any atom is 0.251 e. The standard InChI is InChI=1S/C26H19Cl2N3O3/c1-15-5-4-10-29-25(15)31-14-19-23(34-22-7-3-2-6-18(22)24(19)32)12-17(31)13-30-26(33)16-8-9-20(27)21(28)11-16/h2-12,14,23H,13H2,1H3,(H,30,33). The van der Waals surface area contributed by atoms with Crippen LogP contribution in [-0.4, -0.2) is 29.3 Å². The van der Waals surface area contributed by atoms with E-state index >= 15 is 0 Å². The second-order valence-electron chi connectivity index (χ2n) is 7.93. The molecule has 1 unspecified atom stereocenters. The van der Waals surface area contributed by atoms with E-state index in [9.17, 15) is 9.59 Å². The highest BCUT2D eigenvalue weighted by Gasteiger charge is 2.35. The third-order valence-electron chi connectivity index (χ3n) is 5.70. The van der Waals surface area contributed by atoms with Crippen molar-refractivity contribution in [1.29, 1.82) is 0 Å². The molecule has 0 aliphatic carbocycles. The van der Waals surface area contributed by atoms with Crippen LogP contribution < -0.4 is 15.0 Å². The average Bonchev–Trinajstić information content (AvgIpc) is 2.84. The van der Waals surface area contributed by atoms with Gasteiger partial charge in [0.15, 0.2) is 5.78 Å². The summed E-state index contributed by atoms with van der Waals surface area (Å²) in [6, 6.07) is 15.7. The van der Waals surface area contributed by atoms with Crippen LogP contribution in [0.4, 0.5) is 5.82 Å². The van der Waals surface area contributed by atoms with Crippen LogP contribution in [0.15, 0.2) is 84.3 Å². The van der Waals surface area contributed by atoms with Crippen LogP contribution >= 0.6 is 23.2 Å². The van der Waals surface area contributed by atoms with E-state index in [1.54, 1.807) is 36.7 Å². The molecule has 0 saturated carbocycles. The van der Waals surface area contributed by atoms with Crippen LogP contribution in [-0.2, 0) is 0 Å². The van der Waals surface area contributed by atoms with Gasteiger partial charge >= 0.3 is 0 Å². The molecule has 170 valence electrons. The summed E-state index contributed by atoms with van der Waals surface area (Å²) < 4.78 is 6.11. The summed E-state index contributed by atoms with van der Waals surface area (Å²) in [5, 5.41) is 3.59. The zero-order chi connectivity index (χ0) is 23.8. The van der Waals surface area contributed by atoms with Crippen molar-refractivity contribution in [2.75, 3.05) is 11.4 Å².